The Bertz CT molecular complexity index is 207. The normalized spacial score (nSPS) is 26.5. The first-order chi connectivity index (χ1) is 7.20. The highest BCUT2D eigenvalue weighted by Crippen LogP contribution is 2.23. The zero-order valence-corrected chi connectivity index (χ0v) is 9.95. The van der Waals surface area contributed by atoms with Gasteiger partial charge in [-0.15, -0.1) is 0 Å². The number of piperidine rings is 1. The Labute approximate surface area is 92.0 Å². The van der Waals surface area contributed by atoms with E-state index >= 15 is 0 Å². The van der Waals surface area contributed by atoms with Gasteiger partial charge >= 0.3 is 6.09 Å². The van der Waals surface area contributed by atoms with Gasteiger partial charge in [0.2, 0.25) is 0 Å². The molecule has 1 aliphatic heterocycles. The van der Waals surface area contributed by atoms with Crippen molar-refractivity contribution in [3.05, 3.63) is 0 Å². The van der Waals surface area contributed by atoms with E-state index in [4.69, 9.17) is 4.74 Å². The van der Waals surface area contributed by atoms with Crippen LogP contribution in [-0.4, -0.2) is 43.8 Å². The van der Waals surface area contributed by atoms with Gasteiger partial charge in [-0.2, -0.15) is 0 Å². The van der Waals surface area contributed by atoms with Gasteiger partial charge in [0.15, 0.2) is 0 Å². The van der Waals surface area contributed by atoms with Crippen molar-refractivity contribution in [2.45, 2.75) is 32.7 Å². The summed E-state index contributed by atoms with van der Waals surface area (Å²) >= 11 is 0. The molecule has 1 saturated heterocycles. The number of nitrogens with zero attached hydrogens (tertiary/aromatic N) is 1. The molecule has 1 amide bonds. The number of carbonyl (C=O) groups excluding carboxylic acids is 1. The molecule has 0 aromatic heterocycles. The topological polar surface area (TPSA) is 41.6 Å². The molecule has 0 radical (unpaired) electrons. The number of hydrogen-bond donors (Lipinski definition) is 1. The molecule has 0 aromatic carbocycles. The third-order valence-corrected chi connectivity index (χ3v) is 3.12. The fraction of sp³-hybridized carbons (Fsp3) is 0.909. The van der Waals surface area contributed by atoms with Crippen molar-refractivity contribution in [3.8, 4) is 0 Å². The van der Waals surface area contributed by atoms with Crippen molar-refractivity contribution < 1.29 is 9.53 Å². The summed E-state index contributed by atoms with van der Waals surface area (Å²) in [7, 11) is 1.95. The standard InChI is InChI=1S/C11H22N2O2/c1-4-15-11(14)13-7-5-6-10(8-12-3)9(13)2/h9-10,12H,4-8H2,1-3H3/t9-,10+/m0/s1. The number of likely N-dealkylation sites (tertiary alicyclic amines) is 1. The molecule has 0 spiro atoms. The first-order valence-electron chi connectivity index (χ1n) is 5.78. The lowest BCUT2D eigenvalue weighted by atomic mass is 9.90. The number of amides is 1. The molecule has 0 unspecified atom stereocenters. The van der Waals surface area contributed by atoms with Crippen molar-refractivity contribution in [1.29, 1.82) is 0 Å². The second kappa shape index (κ2) is 5.95. The largest absolute Gasteiger partial charge is 0.450 e. The molecule has 1 aliphatic rings. The molecule has 15 heavy (non-hydrogen) atoms. The van der Waals surface area contributed by atoms with Crippen LogP contribution in [0.3, 0.4) is 0 Å². The van der Waals surface area contributed by atoms with Gasteiger partial charge in [0.25, 0.3) is 0 Å². The van der Waals surface area contributed by atoms with Gasteiger partial charge < -0.3 is 15.0 Å². The Morgan fingerprint density at radius 2 is 2.33 bits per heavy atom. The first-order valence-corrected chi connectivity index (χ1v) is 5.78. The molecule has 1 heterocycles. The smallest absolute Gasteiger partial charge is 0.409 e. The Balaban J connectivity index is 2.53. The van der Waals surface area contributed by atoms with E-state index < -0.39 is 0 Å². The summed E-state index contributed by atoms with van der Waals surface area (Å²) in [5.41, 5.74) is 0. The summed E-state index contributed by atoms with van der Waals surface area (Å²) in [6, 6.07) is 0.283. The molecule has 0 bridgehead atoms. The SMILES string of the molecule is CCOC(=O)N1CCC[C@H](CNC)[C@@H]1C. The quantitative estimate of drug-likeness (QED) is 0.773. The van der Waals surface area contributed by atoms with Crippen molar-refractivity contribution in [1.82, 2.24) is 10.2 Å². The van der Waals surface area contributed by atoms with Gasteiger partial charge in [-0.3, -0.25) is 0 Å². The summed E-state index contributed by atoms with van der Waals surface area (Å²) in [5, 5.41) is 3.18. The van der Waals surface area contributed by atoms with Crippen LogP contribution < -0.4 is 5.32 Å². The molecule has 4 heteroatoms. The van der Waals surface area contributed by atoms with Crippen LogP contribution in [0.1, 0.15) is 26.7 Å². The maximum absolute atomic E-state index is 11.6. The van der Waals surface area contributed by atoms with E-state index in [2.05, 4.69) is 12.2 Å². The minimum Gasteiger partial charge on any atom is -0.450 e. The molecule has 2 atom stereocenters. The van der Waals surface area contributed by atoms with Crippen LogP contribution in [-0.2, 0) is 4.74 Å². The highest BCUT2D eigenvalue weighted by atomic mass is 16.6. The van der Waals surface area contributed by atoms with Gasteiger partial charge in [0.1, 0.15) is 0 Å². The molecule has 1 fully saturated rings. The Morgan fingerprint density at radius 3 is 2.93 bits per heavy atom. The third-order valence-electron chi connectivity index (χ3n) is 3.12. The number of nitrogens with one attached hydrogen (secondary N) is 1. The van der Waals surface area contributed by atoms with E-state index in [-0.39, 0.29) is 12.1 Å². The Morgan fingerprint density at radius 1 is 1.60 bits per heavy atom. The van der Waals surface area contributed by atoms with Gasteiger partial charge in [0.05, 0.1) is 6.61 Å². The summed E-state index contributed by atoms with van der Waals surface area (Å²) in [4.78, 5) is 13.5. The lowest BCUT2D eigenvalue weighted by Crippen LogP contribution is -2.49. The Hall–Kier alpha value is -0.770. The van der Waals surface area contributed by atoms with E-state index in [1.807, 2.05) is 18.9 Å². The molecule has 0 saturated carbocycles. The van der Waals surface area contributed by atoms with Crippen molar-refractivity contribution in [3.63, 3.8) is 0 Å². The van der Waals surface area contributed by atoms with Crippen molar-refractivity contribution in [2.75, 3.05) is 26.7 Å². The van der Waals surface area contributed by atoms with Crippen LogP contribution in [0.4, 0.5) is 4.79 Å². The molecule has 1 N–H and O–H groups in total. The number of ether oxygens (including phenoxy) is 1. The highest BCUT2D eigenvalue weighted by molar-refractivity contribution is 5.68. The second-order valence-corrected chi connectivity index (χ2v) is 4.09. The monoisotopic (exact) mass is 214 g/mol. The van der Waals surface area contributed by atoms with Crippen LogP contribution in [0.25, 0.3) is 0 Å². The van der Waals surface area contributed by atoms with E-state index in [9.17, 15) is 4.79 Å². The molecule has 4 nitrogen and oxygen atoms in total. The van der Waals surface area contributed by atoms with E-state index in [0.717, 1.165) is 19.5 Å². The minimum atomic E-state index is -0.161. The molecule has 88 valence electrons. The Kier molecular flexibility index (Phi) is 4.88. The maximum atomic E-state index is 11.6. The van der Waals surface area contributed by atoms with Gasteiger partial charge in [-0.1, -0.05) is 0 Å². The van der Waals surface area contributed by atoms with Gasteiger partial charge in [-0.25, -0.2) is 4.79 Å². The predicted octanol–water partition coefficient (Wildman–Crippen LogP) is 1.46. The lowest BCUT2D eigenvalue weighted by Gasteiger charge is -2.38. The average Bonchev–Trinajstić information content (AvgIpc) is 2.22. The molecular weight excluding hydrogens is 192 g/mol. The fourth-order valence-corrected chi connectivity index (χ4v) is 2.22. The molecular formula is C11H22N2O2. The fourth-order valence-electron chi connectivity index (χ4n) is 2.22. The number of hydrogen-bond acceptors (Lipinski definition) is 3. The summed E-state index contributed by atoms with van der Waals surface area (Å²) in [6.07, 6.45) is 2.11. The summed E-state index contributed by atoms with van der Waals surface area (Å²) in [6.45, 7) is 6.21. The predicted molar refractivity (Wildman–Crippen MR) is 59.8 cm³/mol. The zero-order valence-electron chi connectivity index (χ0n) is 9.95. The second-order valence-electron chi connectivity index (χ2n) is 4.09. The van der Waals surface area contributed by atoms with E-state index in [1.54, 1.807) is 0 Å². The van der Waals surface area contributed by atoms with Crippen LogP contribution in [0, 0.1) is 5.92 Å². The summed E-state index contributed by atoms with van der Waals surface area (Å²) in [5.74, 6) is 0.549. The molecule has 0 aliphatic carbocycles. The van der Waals surface area contributed by atoms with Crippen LogP contribution in [0.2, 0.25) is 0 Å². The molecule has 1 rings (SSSR count). The van der Waals surface area contributed by atoms with Gasteiger partial charge in [0, 0.05) is 12.6 Å². The van der Waals surface area contributed by atoms with Crippen molar-refractivity contribution >= 4 is 6.09 Å². The highest BCUT2D eigenvalue weighted by Gasteiger charge is 2.31. The lowest BCUT2D eigenvalue weighted by molar-refractivity contribution is 0.0618. The maximum Gasteiger partial charge on any atom is 0.409 e. The first kappa shape index (κ1) is 12.3. The van der Waals surface area contributed by atoms with Crippen LogP contribution in [0.15, 0.2) is 0 Å². The number of carbonyl (C=O) groups is 1. The van der Waals surface area contributed by atoms with Crippen molar-refractivity contribution in [2.24, 2.45) is 5.92 Å². The zero-order chi connectivity index (χ0) is 11.3. The van der Waals surface area contributed by atoms with Crippen LogP contribution in [0.5, 0.6) is 0 Å². The number of rotatable bonds is 3. The average molecular weight is 214 g/mol. The molecule has 0 aromatic rings. The minimum absolute atomic E-state index is 0.161. The van der Waals surface area contributed by atoms with Crippen LogP contribution >= 0.6 is 0 Å². The summed E-state index contributed by atoms with van der Waals surface area (Å²) < 4.78 is 5.04. The van der Waals surface area contributed by atoms with E-state index in [1.165, 1.54) is 6.42 Å². The third kappa shape index (κ3) is 3.09. The van der Waals surface area contributed by atoms with Gasteiger partial charge in [-0.05, 0) is 46.2 Å². The van der Waals surface area contributed by atoms with E-state index in [0.29, 0.717) is 12.5 Å².